The van der Waals surface area contributed by atoms with E-state index in [-0.39, 0.29) is 5.91 Å². The highest BCUT2D eigenvalue weighted by atomic mass is 32.2. The molecule has 0 fully saturated rings. The minimum atomic E-state index is 0.0880. The molecule has 0 saturated heterocycles. The smallest absolute Gasteiger partial charge is 0.234 e. The number of thioether (sulfide) groups is 3. The monoisotopic (exact) mass is 470 g/mol. The molecule has 1 N–H and O–H groups in total. The summed E-state index contributed by atoms with van der Waals surface area (Å²) >= 11 is 5.04. The van der Waals surface area contributed by atoms with Crippen LogP contribution in [-0.2, 0) is 4.79 Å². The van der Waals surface area contributed by atoms with Gasteiger partial charge in [0.1, 0.15) is 5.03 Å². The molecule has 0 aliphatic heterocycles. The number of nitrogens with zero attached hydrogens (tertiary/aromatic N) is 1. The third-order valence-corrected chi connectivity index (χ3v) is 7.89. The van der Waals surface area contributed by atoms with Crippen molar-refractivity contribution in [2.45, 2.75) is 94.9 Å². The zero-order valence-corrected chi connectivity index (χ0v) is 22.2. The Morgan fingerprint density at radius 3 is 2.33 bits per heavy atom. The van der Waals surface area contributed by atoms with Crippen molar-refractivity contribution in [2.24, 2.45) is 5.92 Å². The predicted octanol–water partition coefficient (Wildman–Crippen LogP) is 8.06. The van der Waals surface area contributed by atoms with Crippen molar-refractivity contribution in [1.82, 2.24) is 4.98 Å². The van der Waals surface area contributed by atoms with E-state index in [1.54, 1.807) is 35.3 Å². The molecule has 0 radical (unpaired) electrons. The molecule has 3 nitrogen and oxygen atoms in total. The second-order valence-electron chi connectivity index (χ2n) is 7.98. The number of anilines is 1. The quantitative estimate of drug-likeness (QED) is 0.184. The second-order valence-corrected chi connectivity index (χ2v) is 10.7. The van der Waals surface area contributed by atoms with Crippen molar-refractivity contribution in [2.75, 3.05) is 29.3 Å². The molecule has 0 aliphatic rings. The highest BCUT2D eigenvalue weighted by molar-refractivity contribution is 8.00. The molecule has 172 valence electrons. The molecule has 1 heterocycles. The molecule has 1 aromatic heterocycles. The lowest BCUT2D eigenvalue weighted by atomic mass is 9.97. The van der Waals surface area contributed by atoms with Crippen LogP contribution in [0.3, 0.4) is 0 Å². The largest absolute Gasteiger partial charge is 0.322 e. The molecule has 0 spiro atoms. The Bertz CT molecular complexity index is 585. The Kier molecular flexibility index (Phi) is 15.9. The number of pyridine rings is 1. The van der Waals surface area contributed by atoms with Gasteiger partial charge in [0.25, 0.3) is 0 Å². The lowest BCUT2D eigenvalue weighted by Gasteiger charge is -2.17. The summed E-state index contributed by atoms with van der Waals surface area (Å²) in [6.45, 7) is 6.54. The van der Waals surface area contributed by atoms with Gasteiger partial charge in [0.2, 0.25) is 5.91 Å². The second kappa shape index (κ2) is 17.3. The van der Waals surface area contributed by atoms with Crippen LogP contribution in [0.2, 0.25) is 0 Å². The first-order chi connectivity index (χ1) is 14.5. The third-order valence-electron chi connectivity index (χ3n) is 5.27. The number of rotatable bonds is 17. The molecule has 0 saturated carbocycles. The lowest BCUT2D eigenvalue weighted by molar-refractivity contribution is -0.113. The summed E-state index contributed by atoms with van der Waals surface area (Å²) < 4.78 is 0. The molecule has 1 rings (SSSR count). The fraction of sp³-hybridized carbons (Fsp3) is 0.750. The van der Waals surface area contributed by atoms with Crippen LogP contribution in [0.4, 0.5) is 5.69 Å². The van der Waals surface area contributed by atoms with Crippen molar-refractivity contribution in [3.8, 4) is 0 Å². The standard InChI is InChI=1S/C24H42N2OS3/c1-6-8-10-11-12-13-15-20(14-9-7-2)17-30-18-22(27)26-23-21(28-4)16-19(3)25-24(23)29-5/h16,20H,6-15,17-18H2,1-5H3,(H,26,27). The average Bonchev–Trinajstić information content (AvgIpc) is 2.74. The number of aryl methyl sites for hydroxylation is 1. The number of nitrogens with one attached hydrogen (secondary N) is 1. The van der Waals surface area contributed by atoms with E-state index >= 15 is 0 Å². The number of unbranched alkanes of at least 4 members (excludes halogenated alkanes) is 6. The minimum absolute atomic E-state index is 0.0880. The Hall–Kier alpha value is -0.330. The van der Waals surface area contributed by atoms with Gasteiger partial charge in [0, 0.05) is 10.6 Å². The van der Waals surface area contributed by atoms with E-state index in [1.165, 1.54) is 64.2 Å². The maximum atomic E-state index is 12.6. The van der Waals surface area contributed by atoms with E-state index in [4.69, 9.17) is 0 Å². The maximum absolute atomic E-state index is 12.6. The topological polar surface area (TPSA) is 42.0 Å². The lowest BCUT2D eigenvalue weighted by Crippen LogP contribution is -2.17. The zero-order chi connectivity index (χ0) is 22.2. The molecular weight excluding hydrogens is 428 g/mol. The zero-order valence-electron chi connectivity index (χ0n) is 19.7. The summed E-state index contributed by atoms with van der Waals surface area (Å²) in [6, 6.07) is 2.05. The fourth-order valence-electron chi connectivity index (χ4n) is 3.55. The van der Waals surface area contributed by atoms with Crippen LogP contribution in [0.1, 0.15) is 83.7 Å². The van der Waals surface area contributed by atoms with Crippen molar-refractivity contribution in [3.05, 3.63) is 11.8 Å². The van der Waals surface area contributed by atoms with Gasteiger partial charge in [-0.15, -0.1) is 23.5 Å². The van der Waals surface area contributed by atoms with Crippen LogP contribution in [0.25, 0.3) is 0 Å². The van der Waals surface area contributed by atoms with Gasteiger partial charge in [-0.05, 0) is 50.0 Å². The van der Waals surface area contributed by atoms with Crippen molar-refractivity contribution >= 4 is 46.9 Å². The van der Waals surface area contributed by atoms with Crippen LogP contribution in [0, 0.1) is 12.8 Å². The molecule has 1 aromatic rings. The molecule has 30 heavy (non-hydrogen) atoms. The van der Waals surface area contributed by atoms with Crippen LogP contribution < -0.4 is 5.32 Å². The summed E-state index contributed by atoms with van der Waals surface area (Å²) in [5.41, 5.74) is 1.87. The number of carbonyl (C=O) groups is 1. The summed E-state index contributed by atoms with van der Waals surface area (Å²) in [6.07, 6.45) is 17.4. The van der Waals surface area contributed by atoms with Crippen LogP contribution in [0.15, 0.2) is 16.0 Å². The molecule has 1 atom stereocenters. The van der Waals surface area contributed by atoms with Gasteiger partial charge in [-0.1, -0.05) is 65.2 Å². The SMILES string of the molecule is CCCCCCCCC(CCCC)CSCC(=O)Nc1c(SC)cc(C)nc1SC. The molecule has 1 unspecified atom stereocenters. The minimum Gasteiger partial charge on any atom is -0.322 e. The molecular formula is C24H42N2OS3. The summed E-state index contributed by atoms with van der Waals surface area (Å²) in [4.78, 5) is 18.3. The maximum Gasteiger partial charge on any atom is 0.234 e. The number of hydrogen-bond acceptors (Lipinski definition) is 5. The number of carbonyl (C=O) groups excluding carboxylic acids is 1. The van der Waals surface area contributed by atoms with Gasteiger partial charge in [-0.3, -0.25) is 4.79 Å². The number of aromatic nitrogens is 1. The highest BCUT2D eigenvalue weighted by Crippen LogP contribution is 2.33. The Morgan fingerprint density at radius 2 is 1.67 bits per heavy atom. The molecule has 0 bridgehead atoms. The van der Waals surface area contributed by atoms with E-state index in [9.17, 15) is 4.79 Å². The average molecular weight is 471 g/mol. The normalized spacial score (nSPS) is 12.2. The molecule has 0 aliphatic carbocycles. The van der Waals surface area contributed by atoms with Gasteiger partial charge in [0.15, 0.2) is 0 Å². The van der Waals surface area contributed by atoms with Gasteiger partial charge >= 0.3 is 0 Å². The first-order valence-electron chi connectivity index (χ1n) is 11.5. The van der Waals surface area contributed by atoms with E-state index in [1.807, 2.05) is 19.4 Å². The van der Waals surface area contributed by atoms with Gasteiger partial charge in [-0.25, -0.2) is 4.98 Å². The van der Waals surface area contributed by atoms with Gasteiger partial charge in [0.05, 0.1) is 11.4 Å². The predicted molar refractivity (Wildman–Crippen MR) is 139 cm³/mol. The third kappa shape index (κ3) is 11.3. The van der Waals surface area contributed by atoms with Crippen LogP contribution in [-0.4, -0.2) is 34.9 Å². The van der Waals surface area contributed by atoms with E-state index in [0.717, 1.165) is 33.0 Å². The van der Waals surface area contributed by atoms with E-state index in [2.05, 4.69) is 30.2 Å². The molecule has 6 heteroatoms. The molecule has 1 amide bonds. The summed E-state index contributed by atoms with van der Waals surface area (Å²) in [5, 5.41) is 4.04. The first kappa shape index (κ1) is 27.7. The Morgan fingerprint density at radius 1 is 1.00 bits per heavy atom. The van der Waals surface area contributed by atoms with Crippen LogP contribution in [0.5, 0.6) is 0 Å². The number of hydrogen-bond donors (Lipinski definition) is 1. The van der Waals surface area contributed by atoms with Crippen molar-refractivity contribution < 1.29 is 4.79 Å². The Labute approximate surface area is 198 Å². The molecule has 0 aromatic carbocycles. The van der Waals surface area contributed by atoms with E-state index < -0.39 is 0 Å². The van der Waals surface area contributed by atoms with Crippen LogP contribution >= 0.6 is 35.3 Å². The number of amides is 1. The summed E-state index contributed by atoms with van der Waals surface area (Å²) in [7, 11) is 0. The van der Waals surface area contributed by atoms with Crippen molar-refractivity contribution in [3.63, 3.8) is 0 Å². The first-order valence-corrected chi connectivity index (χ1v) is 15.1. The van der Waals surface area contributed by atoms with Gasteiger partial charge in [-0.2, -0.15) is 11.8 Å². The summed E-state index contributed by atoms with van der Waals surface area (Å²) in [5.74, 6) is 2.46. The Balaban J connectivity index is 2.47. The highest BCUT2D eigenvalue weighted by Gasteiger charge is 2.15. The van der Waals surface area contributed by atoms with Gasteiger partial charge < -0.3 is 5.32 Å². The van der Waals surface area contributed by atoms with E-state index in [0.29, 0.717) is 5.75 Å². The van der Waals surface area contributed by atoms with Crippen molar-refractivity contribution in [1.29, 1.82) is 0 Å². The fourth-order valence-corrected chi connectivity index (χ4v) is 5.90.